The van der Waals surface area contributed by atoms with Crippen LogP contribution in [0.15, 0.2) is 72.4 Å². The first-order valence-corrected chi connectivity index (χ1v) is 10.7. The molecule has 172 valence electrons. The Morgan fingerprint density at radius 2 is 1.91 bits per heavy atom. The van der Waals surface area contributed by atoms with Crippen LogP contribution in [-0.2, 0) is 13.1 Å². The number of nitrogens with zero attached hydrogens (tertiary/aromatic N) is 6. The summed E-state index contributed by atoms with van der Waals surface area (Å²) in [5.41, 5.74) is 5.41. The number of aromatic nitrogens is 5. The van der Waals surface area contributed by atoms with Gasteiger partial charge in [-0.2, -0.15) is 5.10 Å². The second-order valence-corrected chi connectivity index (χ2v) is 7.51. The highest BCUT2D eigenvalue weighted by molar-refractivity contribution is 14.0. The van der Waals surface area contributed by atoms with Gasteiger partial charge in [-0.05, 0) is 56.2 Å². The predicted molar refractivity (Wildman–Crippen MR) is 141 cm³/mol. The summed E-state index contributed by atoms with van der Waals surface area (Å²) in [5, 5.41) is 11.4. The van der Waals surface area contributed by atoms with E-state index in [1.54, 1.807) is 18.7 Å². The smallest absolute Gasteiger partial charge is 0.191 e. The van der Waals surface area contributed by atoms with Crippen molar-refractivity contribution in [3.05, 3.63) is 89.9 Å². The minimum atomic E-state index is 0. The van der Waals surface area contributed by atoms with Gasteiger partial charge < -0.3 is 10.6 Å². The molecule has 4 rings (SSSR count). The molecule has 0 bridgehead atoms. The number of pyridine rings is 1. The molecule has 0 saturated carbocycles. The molecule has 0 aliphatic carbocycles. The number of nitrogens with one attached hydrogen (secondary N) is 2. The molecule has 0 radical (unpaired) electrons. The van der Waals surface area contributed by atoms with E-state index in [9.17, 15) is 0 Å². The number of imidazole rings is 1. The van der Waals surface area contributed by atoms with Gasteiger partial charge in [-0.1, -0.05) is 18.2 Å². The van der Waals surface area contributed by atoms with E-state index in [0.29, 0.717) is 13.1 Å². The molecule has 3 heterocycles. The van der Waals surface area contributed by atoms with Gasteiger partial charge in [0.2, 0.25) is 0 Å². The van der Waals surface area contributed by atoms with E-state index in [1.165, 1.54) is 0 Å². The molecular weight excluding hydrogens is 527 g/mol. The van der Waals surface area contributed by atoms with E-state index in [0.717, 1.165) is 46.5 Å². The van der Waals surface area contributed by atoms with Crippen molar-refractivity contribution in [2.24, 2.45) is 4.99 Å². The van der Waals surface area contributed by atoms with Gasteiger partial charge in [0.1, 0.15) is 12.1 Å². The molecule has 0 fully saturated rings. The molecule has 0 saturated heterocycles. The summed E-state index contributed by atoms with van der Waals surface area (Å²) in [4.78, 5) is 13.3. The quantitative estimate of drug-likeness (QED) is 0.205. The van der Waals surface area contributed by atoms with Crippen LogP contribution in [0.1, 0.15) is 29.4 Å². The number of halogens is 1. The summed E-state index contributed by atoms with van der Waals surface area (Å²) in [7, 11) is 0. The average Bonchev–Trinajstić information content (AvgIpc) is 3.46. The van der Waals surface area contributed by atoms with Crippen LogP contribution in [0.3, 0.4) is 0 Å². The first kappa shape index (κ1) is 24.4. The average molecular weight is 556 g/mol. The third kappa shape index (κ3) is 6.19. The molecule has 0 aliphatic rings. The van der Waals surface area contributed by atoms with Gasteiger partial charge in [-0.15, -0.1) is 24.0 Å². The number of para-hydroxylation sites is 1. The van der Waals surface area contributed by atoms with Crippen LogP contribution >= 0.6 is 24.0 Å². The van der Waals surface area contributed by atoms with Gasteiger partial charge in [-0.25, -0.2) is 19.6 Å². The summed E-state index contributed by atoms with van der Waals surface area (Å²) in [6, 6.07) is 14.4. The summed E-state index contributed by atoms with van der Waals surface area (Å²) < 4.78 is 3.87. The third-order valence-electron chi connectivity index (χ3n) is 5.02. The first-order chi connectivity index (χ1) is 15.6. The fourth-order valence-electron chi connectivity index (χ4n) is 3.53. The van der Waals surface area contributed by atoms with E-state index in [-0.39, 0.29) is 24.0 Å². The predicted octanol–water partition coefficient (Wildman–Crippen LogP) is 3.94. The molecule has 3 aromatic heterocycles. The second kappa shape index (κ2) is 11.6. The summed E-state index contributed by atoms with van der Waals surface area (Å²) >= 11 is 0. The molecule has 0 atom stereocenters. The van der Waals surface area contributed by atoms with Gasteiger partial charge in [0, 0.05) is 37.4 Å². The van der Waals surface area contributed by atoms with Gasteiger partial charge in [0.15, 0.2) is 5.96 Å². The number of hydrogen-bond donors (Lipinski definition) is 2. The third-order valence-corrected chi connectivity index (χ3v) is 5.02. The Morgan fingerprint density at radius 1 is 1.06 bits per heavy atom. The van der Waals surface area contributed by atoms with E-state index in [1.807, 2.05) is 46.6 Å². The lowest BCUT2D eigenvalue weighted by molar-refractivity contribution is 0.783. The Labute approximate surface area is 211 Å². The second-order valence-electron chi connectivity index (χ2n) is 7.51. The molecule has 0 unspecified atom stereocenters. The van der Waals surface area contributed by atoms with Crippen LogP contribution in [0.5, 0.6) is 0 Å². The largest absolute Gasteiger partial charge is 0.357 e. The molecule has 9 heteroatoms. The Kier molecular flexibility index (Phi) is 8.58. The fourth-order valence-corrected chi connectivity index (χ4v) is 3.53. The van der Waals surface area contributed by atoms with Gasteiger partial charge >= 0.3 is 0 Å². The lowest BCUT2D eigenvalue weighted by atomic mass is 10.1. The van der Waals surface area contributed by atoms with Gasteiger partial charge in [0.25, 0.3) is 0 Å². The first-order valence-electron chi connectivity index (χ1n) is 10.7. The summed E-state index contributed by atoms with van der Waals surface area (Å²) in [6.07, 6.45) is 7.15. The molecular formula is C24H29IN8. The summed E-state index contributed by atoms with van der Waals surface area (Å²) in [5.74, 6) is 1.59. The number of hydrogen-bond acceptors (Lipinski definition) is 4. The number of benzene rings is 1. The standard InChI is InChI=1S/C24H28N8.HI/c1-4-26-24(28-15-20-9-10-27-23(14-20)31-12-11-25-17-31)29-16-21-7-5-6-8-22(21)32-19(3)13-18(2)30-32;/h5-14,17H,4,15-16H2,1-3H3,(H2,26,28,29);1H. The van der Waals surface area contributed by atoms with Gasteiger partial charge in [0.05, 0.1) is 17.9 Å². The molecule has 0 amide bonds. The zero-order valence-electron chi connectivity index (χ0n) is 19.1. The molecule has 2 N–H and O–H groups in total. The minimum Gasteiger partial charge on any atom is -0.357 e. The van der Waals surface area contributed by atoms with E-state index < -0.39 is 0 Å². The van der Waals surface area contributed by atoms with Crippen molar-refractivity contribution in [1.29, 1.82) is 0 Å². The topological polar surface area (TPSA) is 85.0 Å². The molecule has 0 aliphatic heterocycles. The van der Waals surface area contributed by atoms with Crippen LogP contribution in [0.2, 0.25) is 0 Å². The highest BCUT2D eigenvalue weighted by Gasteiger charge is 2.09. The van der Waals surface area contributed by atoms with Crippen molar-refractivity contribution in [1.82, 2.24) is 34.9 Å². The highest BCUT2D eigenvalue weighted by atomic mass is 127. The van der Waals surface area contributed by atoms with E-state index in [4.69, 9.17) is 4.99 Å². The lowest BCUT2D eigenvalue weighted by Crippen LogP contribution is -2.37. The Morgan fingerprint density at radius 3 is 2.64 bits per heavy atom. The number of aryl methyl sites for hydroxylation is 2. The molecule has 4 aromatic rings. The van der Waals surface area contributed by atoms with Crippen molar-refractivity contribution < 1.29 is 0 Å². The maximum Gasteiger partial charge on any atom is 0.191 e. The zero-order chi connectivity index (χ0) is 22.3. The van der Waals surface area contributed by atoms with Gasteiger partial charge in [-0.3, -0.25) is 4.57 Å². The van der Waals surface area contributed by atoms with Crippen LogP contribution in [0, 0.1) is 13.8 Å². The maximum absolute atomic E-state index is 4.76. The molecule has 33 heavy (non-hydrogen) atoms. The van der Waals surface area contributed by atoms with Crippen LogP contribution < -0.4 is 10.6 Å². The summed E-state index contributed by atoms with van der Waals surface area (Å²) in [6.45, 7) is 8.10. The minimum absolute atomic E-state index is 0. The number of guanidine groups is 1. The Bertz CT molecular complexity index is 1200. The molecule has 1 aromatic carbocycles. The maximum atomic E-state index is 4.76. The Hall–Kier alpha value is -3.21. The monoisotopic (exact) mass is 556 g/mol. The SMILES string of the molecule is CCNC(=NCc1ccnc(-n2ccnc2)c1)NCc1ccccc1-n1nc(C)cc1C.I. The lowest BCUT2D eigenvalue weighted by Gasteiger charge is -2.15. The van der Waals surface area contributed by atoms with Crippen molar-refractivity contribution in [3.8, 4) is 11.5 Å². The number of aliphatic imine (C=N–C) groups is 1. The van der Waals surface area contributed by atoms with Crippen LogP contribution in [0.4, 0.5) is 0 Å². The number of rotatable bonds is 7. The van der Waals surface area contributed by atoms with Crippen LogP contribution in [-0.4, -0.2) is 36.8 Å². The Balaban J connectivity index is 0.00000306. The van der Waals surface area contributed by atoms with Crippen molar-refractivity contribution in [2.75, 3.05) is 6.54 Å². The normalized spacial score (nSPS) is 11.2. The highest BCUT2D eigenvalue weighted by Crippen LogP contribution is 2.17. The van der Waals surface area contributed by atoms with Crippen molar-refractivity contribution >= 4 is 29.9 Å². The zero-order valence-corrected chi connectivity index (χ0v) is 21.4. The molecule has 8 nitrogen and oxygen atoms in total. The van der Waals surface area contributed by atoms with E-state index in [2.05, 4.69) is 57.7 Å². The van der Waals surface area contributed by atoms with E-state index >= 15 is 0 Å². The van der Waals surface area contributed by atoms with Crippen LogP contribution in [0.25, 0.3) is 11.5 Å². The fraction of sp³-hybridized carbons (Fsp3) is 0.250. The van der Waals surface area contributed by atoms with Crippen molar-refractivity contribution in [2.45, 2.75) is 33.9 Å². The van der Waals surface area contributed by atoms with Crippen molar-refractivity contribution in [3.63, 3.8) is 0 Å². The molecule has 0 spiro atoms.